The monoisotopic (exact) mass is 317 g/mol. The Kier molecular flexibility index (Phi) is 5.07. The van der Waals surface area contributed by atoms with Crippen LogP contribution in [0.25, 0.3) is 0 Å². The molecule has 1 unspecified atom stereocenters. The van der Waals surface area contributed by atoms with E-state index in [-0.39, 0.29) is 6.04 Å². The first kappa shape index (κ1) is 15.8. The highest BCUT2D eigenvalue weighted by Crippen LogP contribution is 2.26. The van der Waals surface area contributed by atoms with Crippen molar-refractivity contribution in [3.8, 4) is 0 Å². The molecule has 0 saturated carbocycles. The molecule has 112 valence electrons. The van der Waals surface area contributed by atoms with E-state index < -0.39 is 10.0 Å². The van der Waals surface area contributed by atoms with Crippen molar-refractivity contribution in [1.82, 2.24) is 4.31 Å². The number of benzene rings is 1. The number of morpholine rings is 1. The van der Waals surface area contributed by atoms with Crippen molar-refractivity contribution in [2.75, 3.05) is 19.8 Å². The van der Waals surface area contributed by atoms with Crippen LogP contribution in [0.3, 0.4) is 0 Å². The Bertz CT molecular complexity index is 574. The largest absolute Gasteiger partial charge is 0.378 e. The van der Waals surface area contributed by atoms with E-state index in [0.29, 0.717) is 30.5 Å². The summed E-state index contributed by atoms with van der Waals surface area (Å²) in [4.78, 5) is 0.357. The molecule has 1 aliphatic heterocycles. The second kappa shape index (κ2) is 6.43. The van der Waals surface area contributed by atoms with Crippen molar-refractivity contribution in [2.24, 2.45) is 0 Å². The molecular weight excluding hydrogens is 298 g/mol. The Morgan fingerprint density at radius 3 is 2.85 bits per heavy atom. The van der Waals surface area contributed by atoms with Crippen LogP contribution in [0.4, 0.5) is 0 Å². The molecule has 0 amide bonds. The van der Waals surface area contributed by atoms with E-state index in [1.165, 1.54) is 0 Å². The molecule has 6 heteroatoms. The van der Waals surface area contributed by atoms with Gasteiger partial charge >= 0.3 is 0 Å². The van der Waals surface area contributed by atoms with Crippen LogP contribution in [0.1, 0.15) is 24.5 Å². The summed E-state index contributed by atoms with van der Waals surface area (Å²) in [5.74, 6) is 0.315. The fourth-order valence-electron chi connectivity index (χ4n) is 2.49. The highest BCUT2D eigenvalue weighted by molar-refractivity contribution is 7.89. The van der Waals surface area contributed by atoms with Crippen molar-refractivity contribution in [2.45, 2.75) is 37.1 Å². The van der Waals surface area contributed by atoms with E-state index in [4.69, 9.17) is 16.3 Å². The maximum Gasteiger partial charge on any atom is 0.243 e. The van der Waals surface area contributed by atoms with Gasteiger partial charge in [-0.15, -0.1) is 11.6 Å². The second-order valence-corrected chi connectivity index (χ2v) is 7.05. The van der Waals surface area contributed by atoms with Crippen LogP contribution >= 0.6 is 11.6 Å². The number of ether oxygens (including phenoxy) is 1. The number of halogens is 1. The lowest BCUT2D eigenvalue weighted by atomic mass is 10.1. The zero-order valence-electron chi connectivity index (χ0n) is 11.8. The van der Waals surface area contributed by atoms with E-state index in [1.807, 2.05) is 19.9 Å². The first-order valence-electron chi connectivity index (χ1n) is 6.76. The smallest absolute Gasteiger partial charge is 0.243 e. The molecule has 1 atom stereocenters. The van der Waals surface area contributed by atoms with Gasteiger partial charge in [-0.2, -0.15) is 4.31 Å². The third-order valence-corrected chi connectivity index (χ3v) is 6.16. The summed E-state index contributed by atoms with van der Waals surface area (Å²) in [7, 11) is -3.49. The van der Waals surface area contributed by atoms with E-state index >= 15 is 0 Å². The topological polar surface area (TPSA) is 46.6 Å². The van der Waals surface area contributed by atoms with Crippen molar-refractivity contribution >= 4 is 21.6 Å². The summed E-state index contributed by atoms with van der Waals surface area (Å²) < 4.78 is 32.7. The Morgan fingerprint density at radius 2 is 2.20 bits per heavy atom. The Morgan fingerprint density at radius 1 is 1.45 bits per heavy atom. The second-order valence-electron chi connectivity index (χ2n) is 4.93. The normalized spacial score (nSPS) is 21.1. The molecule has 4 nitrogen and oxygen atoms in total. The minimum atomic E-state index is -3.49. The molecule has 1 aromatic rings. The van der Waals surface area contributed by atoms with Gasteiger partial charge in [-0.1, -0.05) is 19.1 Å². The standard InChI is InChI=1S/C14H20ClNO3S/c1-3-13-10-19-8-7-16(13)20(17,18)14-6-4-5-12(9-15)11(14)2/h4-6,13H,3,7-10H2,1-2H3. The summed E-state index contributed by atoms with van der Waals surface area (Å²) in [6, 6.07) is 5.17. The predicted octanol–water partition coefficient (Wildman–Crippen LogP) is 2.53. The highest BCUT2D eigenvalue weighted by atomic mass is 35.5. The van der Waals surface area contributed by atoms with Gasteiger partial charge in [0.2, 0.25) is 10.0 Å². The van der Waals surface area contributed by atoms with Crippen molar-refractivity contribution < 1.29 is 13.2 Å². The van der Waals surface area contributed by atoms with Gasteiger partial charge < -0.3 is 4.74 Å². The van der Waals surface area contributed by atoms with Gasteiger partial charge in [0.25, 0.3) is 0 Å². The summed E-state index contributed by atoms with van der Waals surface area (Å²) >= 11 is 5.87. The Hall–Kier alpha value is -0.620. The maximum atomic E-state index is 12.9. The van der Waals surface area contributed by atoms with Crippen molar-refractivity contribution in [3.05, 3.63) is 29.3 Å². The van der Waals surface area contributed by atoms with Crippen molar-refractivity contribution in [3.63, 3.8) is 0 Å². The molecule has 0 spiro atoms. The summed E-state index contributed by atoms with van der Waals surface area (Å²) in [6.45, 7) is 5.11. The first-order chi connectivity index (χ1) is 9.52. The SMILES string of the molecule is CCC1COCCN1S(=O)(=O)c1cccc(CCl)c1C. The predicted molar refractivity (Wildman–Crippen MR) is 79.5 cm³/mol. The van der Waals surface area contributed by atoms with Crippen LogP contribution in [-0.2, 0) is 20.6 Å². The lowest BCUT2D eigenvalue weighted by molar-refractivity contribution is 0.0314. The van der Waals surface area contributed by atoms with Gasteiger partial charge in [-0.3, -0.25) is 0 Å². The first-order valence-corrected chi connectivity index (χ1v) is 8.73. The van der Waals surface area contributed by atoms with Crippen LogP contribution in [0, 0.1) is 6.92 Å². The molecular formula is C14H20ClNO3S. The Balaban J connectivity index is 2.44. The summed E-state index contributed by atoms with van der Waals surface area (Å²) in [6.07, 6.45) is 0.744. The lowest BCUT2D eigenvalue weighted by Gasteiger charge is -2.34. The van der Waals surface area contributed by atoms with E-state index in [1.54, 1.807) is 16.4 Å². The molecule has 1 fully saturated rings. The maximum absolute atomic E-state index is 12.9. The van der Waals surface area contributed by atoms with Gasteiger partial charge in [-0.25, -0.2) is 8.42 Å². The number of rotatable bonds is 4. The number of alkyl halides is 1. The molecule has 0 bridgehead atoms. The number of nitrogens with zero attached hydrogens (tertiary/aromatic N) is 1. The van der Waals surface area contributed by atoms with Crippen LogP contribution < -0.4 is 0 Å². The van der Waals surface area contributed by atoms with Crippen LogP contribution in [0.5, 0.6) is 0 Å². The van der Waals surface area contributed by atoms with Crippen LogP contribution in [0.2, 0.25) is 0 Å². The molecule has 0 radical (unpaired) electrons. The minimum Gasteiger partial charge on any atom is -0.378 e. The fraction of sp³-hybridized carbons (Fsp3) is 0.571. The van der Waals surface area contributed by atoms with Crippen LogP contribution in [-0.4, -0.2) is 38.5 Å². The summed E-state index contributed by atoms with van der Waals surface area (Å²) in [5, 5.41) is 0. The molecule has 1 aromatic carbocycles. The molecule has 1 heterocycles. The zero-order valence-corrected chi connectivity index (χ0v) is 13.4. The molecule has 20 heavy (non-hydrogen) atoms. The third kappa shape index (κ3) is 2.86. The lowest BCUT2D eigenvalue weighted by Crippen LogP contribution is -2.48. The van der Waals surface area contributed by atoms with Gasteiger partial charge in [0, 0.05) is 18.5 Å². The quantitative estimate of drug-likeness (QED) is 0.802. The number of hydrogen-bond donors (Lipinski definition) is 0. The van der Waals surface area contributed by atoms with Gasteiger partial charge in [0.15, 0.2) is 0 Å². The number of sulfonamides is 1. The molecule has 1 aliphatic rings. The molecule has 0 N–H and O–H groups in total. The summed E-state index contributed by atoms with van der Waals surface area (Å²) in [5.41, 5.74) is 1.60. The molecule has 1 saturated heterocycles. The van der Waals surface area contributed by atoms with E-state index in [0.717, 1.165) is 17.5 Å². The molecule has 0 aromatic heterocycles. The van der Waals surface area contributed by atoms with Crippen LogP contribution in [0.15, 0.2) is 23.1 Å². The van der Waals surface area contributed by atoms with Gasteiger partial charge in [0.1, 0.15) is 0 Å². The third-order valence-electron chi connectivity index (χ3n) is 3.77. The van der Waals surface area contributed by atoms with E-state index in [2.05, 4.69) is 0 Å². The Labute approximate surface area is 125 Å². The fourth-order valence-corrected chi connectivity index (χ4v) is 4.72. The number of hydrogen-bond acceptors (Lipinski definition) is 3. The molecule has 0 aliphatic carbocycles. The van der Waals surface area contributed by atoms with Crippen molar-refractivity contribution in [1.29, 1.82) is 0 Å². The van der Waals surface area contributed by atoms with Gasteiger partial charge in [-0.05, 0) is 30.5 Å². The van der Waals surface area contributed by atoms with E-state index in [9.17, 15) is 8.42 Å². The van der Waals surface area contributed by atoms with Gasteiger partial charge in [0.05, 0.1) is 18.1 Å². The zero-order chi connectivity index (χ0) is 14.8. The minimum absolute atomic E-state index is 0.0900. The average molecular weight is 318 g/mol. The highest BCUT2D eigenvalue weighted by Gasteiger charge is 2.34. The average Bonchev–Trinajstić information content (AvgIpc) is 2.47. The molecule has 2 rings (SSSR count).